The molecule has 2 atom stereocenters. The van der Waals surface area contributed by atoms with E-state index in [1.165, 1.54) is 75.5 Å². The Bertz CT molecular complexity index is 440. The summed E-state index contributed by atoms with van der Waals surface area (Å²) in [7, 11) is 0. The first-order valence-electron chi connectivity index (χ1n) is 10.6. The molecule has 1 aliphatic rings. The van der Waals surface area contributed by atoms with Crippen molar-refractivity contribution in [1.82, 2.24) is 0 Å². The first-order chi connectivity index (χ1) is 12.3. The van der Waals surface area contributed by atoms with Gasteiger partial charge in [0.15, 0.2) is 12.4 Å². The predicted octanol–water partition coefficient (Wildman–Crippen LogP) is 6.29. The van der Waals surface area contributed by atoms with Crippen molar-refractivity contribution in [3.8, 4) is 0 Å². The lowest BCUT2D eigenvalue weighted by Gasteiger charge is -2.28. The summed E-state index contributed by atoms with van der Waals surface area (Å²) in [5, 5.41) is 0. The zero-order valence-electron chi connectivity index (χ0n) is 16.4. The first kappa shape index (κ1) is 20.8. The molecule has 0 saturated carbocycles. The molecule has 1 saturated heterocycles. The van der Waals surface area contributed by atoms with Gasteiger partial charge in [0, 0.05) is 23.4 Å². The molecule has 1 aromatic heterocycles. The Kier molecular flexibility index (Phi) is 10.6. The van der Waals surface area contributed by atoms with Crippen LogP contribution >= 0.6 is 11.8 Å². The fourth-order valence-corrected chi connectivity index (χ4v) is 4.72. The Labute approximate surface area is 159 Å². The molecule has 25 heavy (non-hydrogen) atoms. The average molecular weight is 365 g/mol. The lowest BCUT2D eigenvalue weighted by molar-refractivity contribution is -0.693. The molecular weight excluding hydrogens is 326 g/mol. The quantitative estimate of drug-likeness (QED) is 0.319. The van der Waals surface area contributed by atoms with E-state index in [1.54, 1.807) is 0 Å². The van der Waals surface area contributed by atoms with E-state index in [9.17, 15) is 0 Å². The van der Waals surface area contributed by atoms with Crippen LogP contribution in [0.1, 0.15) is 89.1 Å². The lowest BCUT2D eigenvalue weighted by Crippen LogP contribution is -2.31. The summed E-state index contributed by atoms with van der Waals surface area (Å²) in [5.74, 6) is 2.01. The number of rotatable bonds is 12. The van der Waals surface area contributed by atoms with Gasteiger partial charge in [0.2, 0.25) is 0 Å². The molecule has 0 amide bonds. The van der Waals surface area contributed by atoms with Crippen LogP contribution in [0.3, 0.4) is 0 Å². The second-order valence-electron chi connectivity index (χ2n) is 7.44. The monoisotopic (exact) mass is 364 g/mol. The highest BCUT2D eigenvalue weighted by molar-refractivity contribution is 7.99. The third-order valence-electron chi connectivity index (χ3n) is 5.24. The van der Waals surface area contributed by atoms with Crippen molar-refractivity contribution in [2.45, 2.75) is 90.0 Å². The van der Waals surface area contributed by atoms with Crippen molar-refractivity contribution in [2.24, 2.45) is 5.92 Å². The van der Waals surface area contributed by atoms with E-state index >= 15 is 0 Å². The van der Waals surface area contributed by atoms with E-state index in [0.29, 0.717) is 0 Å². The van der Waals surface area contributed by atoms with Gasteiger partial charge in [-0.05, 0) is 19.3 Å². The van der Waals surface area contributed by atoms with Gasteiger partial charge in [0.1, 0.15) is 12.0 Å². The summed E-state index contributed by atoms with van der Waals surface area (Å²) in [6.07, 6.45) is 18.4. The molecule has 0 spiro atoms. The van der Waals surface area contributed by atoms with Gasteiger partial charge < -0.3 is 4.74 Å². The van der Waals surface area contributed by atoms with Crippen molar-refractivity contribution >= 4 is 11.8 Å². The fraction of sp³-hybridized carbons (Fsp3) is 0.773. The van der Waals surface area contributed by atoms with Gasteiger partial charge in [-0.2, -0.15) is 0 Å². The maximum Gasteiger partial charge on any atom is 0.169 e. The average Bonchev–Trinajstić information content (AvgIpc) is 2.67. The summed E-state index contributed by atoms with van der Waals surface area (Å²) >= 11 is 1.99. The Hall–Kier alpha value is -0.540. The number of hydrogen-bond donors (Lipinski definition) is 0. The summed E-state index contributed by atoms with van der Waals surface area (Å²) < 4.78 is 8.33. The Balaban J connectivity index is 1.50. The van der Waals surface area contributed by atoms with Gasteiger partial charge in [-0.3, -0.25) is 0 Å². The molecule has 2 rings (SSSR count). The largest absolute Gasteiger partial charge is 0.362 e. The van der Waals surface area contributed by atoms with Crippen molar-refractivity contribution < 1.29 is 9.30 Å². The van der Waals surface area contributed by atoms with E-state index in [4.69, 9.17) is 4.74 Å². The molecule has 0 radical (unpaired) electrons. The number of aryl methyl sites for hydroxylation is 1. The van der Waals surface area contributed by atoms with Crippen LogP contribution in [-0.2, 0) is 11.3 Å². The maximum atomic E-state index is 6.14. The van der Waals surface area contributed by atoms with Crippen LogP contribution in [0.15, 0.2) is 24.5 Å². The van der Waals surface area contributed by atoms with Crippen molar-refractivity contribution in [1.29, 1.82) is 0 Å². The molecule has 1 aliphatic heterocycles. The van der Waals surface area contributed by atoms with Gasteiger partial charge in [-0.1, -0.05) is 64.7 Å². The smallest absolute Gasteiger partial charge is 0.169 e. The van der Waals surface area contributed by atoms with Crippen LogP contribution < -0.4 is 4.57 Å². The molecule has 1 aromatic rings. The van der Waals surface area contributed by atoms with E-state index < -0.39 is 0 Å². The minimum atomic E-state index is 0.242. The van der Waals surface area contributed by atoms with Crippen LogP contribution in [0, 0.1) is 5.92 Å². The van der Waals surface area contributed by atoms with Crippen molar-refractivity contribution in [2.75, 3.05) is 12.4 Å². The second kappa shape index (κ2) is 12.8. The van der Waals surface area contributed by atoms with E-state index in [0.717, 1.165) is 19.1 Å². The summed E-state index contributed by atoms with van der Waals surface area (Å²) in [6, 6.07) is 4.42. The third kappa shape index (κ3) is 8.13. The number of hydrogen-bond acceptors (Lipinski definition) is 2. The molecule has 3 heteroatoms. The minimum absolute atomic E-state index is 0.242. The van der Waals surface area contributed by atoms with Gasteiger partial charge >= 0.3 is 0 Å². The number of unbranched alkanes of at least 4 members (excludes halogenated alkanes) is 8. The standard InChI is InChI=1S/C22H38NOS/c1-3-5-6-7-8-9-10-11-12-13-20-18-24-22(25-19-20)21-14-16-23(4-2)17-15-21/h14-17,20,22H,3-13,18-19H2,1-2H3/q+1. The zero-order valence-corrected chi connectivity index (χ0v) is 17.2. The van der Waals surface area contributed by atoms with Gasteiger partial charge in [0.25, 0.3) is 0 Å². The highest BCUT2D eigenvalue weighted by Crippen LogP contribution is 2.37. The zero-order chi connectivity index (χ0) is 17.7. The Morgan fingerprint density at radius 1 is 0.960 bits per heavy atom. The number of thioether (sulfide) groups is 1. The van der Waals surface area contributed by atoms with Crippen molar-refractivity contribution in [3.05, 3.63) is 30.1 Å². The van der Waals surface area contributed by atoms with Crippen LogP contribution in [0.4, 0.5) is 0 Å². The molecule has 2 nitrogen and oxygen atoms in total. The molecular formula is C22H38NOS+. The maximum absolute atomic E-state index is 6.14. The normalized spacial score (nSPS) is 20.7. The number of pyridine rings is 1. The summed E-state index contributed by atoms with van der Waals surface area (Å²) in [6.45, 7) is 6.43. The highest BCUT2D eigenvalue weighted by atomic mass is 32.2. The molecule has 2 heterocycles. The number of aromatic nitrogens is 1. The topological polar surface area (TPSA) is 13.1 Å². The summed E-state index contributed by atoms with van der Waals surface area (Å²) in [4.78, 5) is 0. The predicted molar refractivity (Wildman–Crippen MR) is 109 cm³/mol. The van der Waals surface area contributed by atoms with E-state index in [2.05, 4.69) is 42.9 Å². The second-order valence-corrected chi connectivity index (χ2v) is 8.54. The molecule has 0 bridgehead atoms. The molecule has 0 aliphatic carbocycles. The molecule has 0 aromatic carbocycles. The highest BCUT2D eigenvalue weighted by Gasteiger charge is 2.23. The van der Waals surface area contributed by atoms with E-state index in [1.807, 2.05) is 11.8 Å². The van der Waals surface area contributed by atoms with Gasteiger partial charge in [-0.25, -0.2) is 4.57 Å². The van der Waals surface area contributed by atoms with Crippen LogP contribution in [0.25, 0.3) is 0 Å². The van der Waals surface area contributed by atoms with Gasteiger partial charge in [0.05, 0.1) is 6.61 Å². The molecule has 0 N–H and O–H groups in total. The van der Waals surface area contributed by atoms with Crippen LogP contribution in [0.5, 0.6) is 0 Å². The van der Waals surface area contributed by atoms with Crippen LogP contribution in [-0.4, -0.2) is 12.4 Å². The Morgan fingerprint density at radius 2 is 1.60 bits per heavy atom. The fourth-order valence-electron chi connectivity index (χ4n) is 3.48. The van der Waals surface area contributed by atoms with E-state index in [-0.39, 0.29) is 5.44 Å². The van der Waals surface area contributed by atoms with Crippen molar-refractivity contribution in [3.63, 3.8) is 0 Å². The third-order valence-corrected chi connectivity index (χ3v) is 6.61. The Morgan fingerprint density at radius 3 is 2.16 bits per heavy atom. The number of nitrogens with zero attached hydrogens (tertiary/aromatic N) is 1. The van der Waals surface area contributed by atoms with Crippen LogP contribution in [0.2, 0.25) is 0 Å². The molecule has 2 unspecified atom stereocenters. The minimum Gasteiger partial charge on any atom is -0.362 e. The van der Waals surface area contributed by atoms with Gasteiger partial charge in [-0.15, -0.1) is 11.8 Å². The lowest BCUT2D eigenvalue weighted by atomic mass is 10.0. The SMILES string of the molecule is CCCCCCCCCCCC1COC(c2cc[n+](CC)cc2)SC1. The summed E-state index contributed by atoms with van der Waals surface area (Å²) in [5.41, 5.74) is 1.56. The molecule has 1 fully saturated rings. The number of ether oxygens (including phenoxy) is 1. The molecule has 142 valence electrons. The first-order valence-corrected chi connectivity index (χ1v) is 11.6.